The highest BCUT2D eigenvalue weighted by Crippen LogP contribution is 2.46. The molecule has 11 heteroatoms. The minimum Gasteiger partial charge on any atom is -0.368 e. The van der Waals surface area contributed by atoms with Gasteiger partial charge >= 0.3 is 0 Å². The molecule has 3 saturated heterocycles. The molecule has 1 aromatic carbocycles. The Bertz CT molecular complexity index is 1230. The molecule has 0 spiro atoms. The fourth-order valence-electron chi connectivity index (χ4n) is 5.12. The average Bonchev–Trinajstić information content (AvgIpc) is 3.59. The van der Waals surface area contributed by atoms with Crippen molar-refractivity contribution < 1.29 is 28.8 Å². The lowest BCUT2D eigenvalue weighted by molar-refractivity contribution is -0.199. The van der Waals surface area contributed by atoms with Crippen LogP contribution in [0.1, 0.15) is 43.3 Å². The second kappa shape index (κ2) is 8.61. The highest BCUT2D eigenvalue weighted by atomic mass is 16.8. The predicted molar refractivity (Wildman–Crippen MR) is 122 cm³/mol. The molecule has 2 unspecified atom stereocenters. The summed E-state index contributed by atoms with van der Waals surface area (Å²) in [5.74, 6) is -0.790. The summed E-state index contributed by atoms with van der Waals surface area (Å²) in [5, 5.41) is 13.0. The Balaban J connectivity index is 1.29. The van der Waals surface area contributed by atoms with Gasteiger partial charge < -0.3 is 29.4 Å². The maximum atomic E-state index is 12.7. The largest absolute Gasteiger partial charge is 0.368 e. The second-order valence-corrected chi connectivity index (χ2v) is 9.54. The molecule has 3 aliphatic heterocycles. The minimum absolute atomic E-state index is 0.0339. The quantitative estimate of drug-likeness (QED) is 0.563. The molecule has 5 heterocycles. The Hall–Kier alpha value is -2.96. The van der Waals surface area contributed by atoms with E-state index in [9.17, 15) is 9.90 Å². The monoisotopic (exact) mass is 481 g/mol. The summed E-state index contributed by atoms with van der Waals surface area (Å²) in [6, 6.07) is 8.89. The summed E-state index contributed by atoms with van der Waals surface area (Å²) in [7, 11) is 0. The van der Waals surface area contributed by atoms with Gasteiger partial charge in [0.25, 0.3) is 5.91 Å². The minimum atomic E-state index is -0.802. The highest BCUT2D eigenvalue weighted by Gasteiger charge is 2.56. The molecule has 11 nitrogen and oxygen atoms in total. The third-order valence-electron chi connectivity index (χ3n) is 6.74. The van der Waals surface area contributed by atoms with Crippen LogP contribution in [0.25, 0.3) is 11.2 Å². The van der Waals surface area contributed by atoms with Crippen LogP contribution in [-0.4, -0.2) is 67.5 Å². The van der Waals surface area contributed by atoms with Crippen molar-refractivity contribution in [2.75, 3.05) is 11.9 Å². The molecule has 3 fully saturated rings. The van der Waals surface area contributed by atoms with E-state index in [0.717, 1.165) is 6.42 Å². The molecule has 3 aliphatic rings. The number of rotatable bonds is 5. The molecule has 2 N–H and O–H groups in total. The number of hydrogen-bond acceptors (Lipinski definition) is 9. The molecular weight excluding hydrogens is 454 g/mol. The number of carbonyl (C=O) groups excluding carboxylic acids is 1. The third-order valence-corrected chi connectivity index (χ3v) is 6.74. The zero-order valence-corrected chi connectivity index (χ0v) is 19.4. The summed E-state index contributed by atoms with van der Waals surface area (Å²) in [4.78, 5) is 25.8. The lowest BCUT2D eigenvalue weighted by Crippen LogP contribution is -2.32. The number of benzene rings is 1. The SMILES string of the molecule is CC1(C)O[C@@H]2[C@H](O1)[C@@H](CC1CCOC1O)O[C@H]2n1cnc2c(NC(=O)c3ccccc3)ncnc21. The van der Waals surface area contributed by atoms with Gasteiger partial charge in [-0.25, -0.2) is 15.0 Å². The molecule has 35 heavy (non-hydrogen) atoms. The summed E-state index contributed by atoms with van der Waals surface area (Å²) >= 11 is 0. The number of ether oxygens (including phenoxy) is 4. The third kappa shape index (κ3) is 4.09. The summed E-state index contributed by atoms with van der Waals surface area (Å²) in [6.07, 6.45) is 1.97. The van der Waals surface area contributed by atoms with Gasteiger partial charge in [-0.3, -0.25) is 9.36 Å². The molecule has 0 bridgehead atoms. The number of imidazole rings is 1. The van der Waals surface area contributed by atoms with Gasteiger partial charge in [-0.1, -0.05) is 18.2 Å². The van der Waals surface area contributed by atoms with Crippen LogP contribution in [-0.2, 0) is 18.9 Å². The second-order valence-electron chi connectivity index (χ2n) is 9.54. The first-order chi connectivity index (χ1) is 16.9. The lowest BCUT2D eigenvalue weighted by atomic mass is 9.96. The molecular formula is C24H27N5O6. The molecule has 6 atom stereocenters. The van der Waals surface area contributed by atoms with Gasteiger partial charge in [0.2, 0.25) is 0 Å². The number of anilines is 1. The summed E-state index contributed by atoms with van der Waals surface area (Å²) in [6.45, 7) is 4.27. The van der Waals surface area contributed by atoms with Gasteiger partial charge in [-0.15, -0.1) is 0 Å². The van der Waals surface area contributed by atoms with E-state index in [1.54, 1.807) is 35.2 Å². The molecule has 0 saturated carbocycles. The van der Waals surface area contributed by atoms with Crippen LogP contribution in [0.15, 0.2) is 43.0 Å². The van der Waals surface area contributed by atoms with Crippen molar-refractivity contribution in [3.05, 3.63) is 48.5 Å². The van der Waals surface area contributed by atoms with E-state index in [-0.39, 0.29) is 24.0 Å². The number of amides is 1. The van der Waals surface area contributed by atoms with Gasteiger partial charge in [-0.2, -0.15) is 0 Å². The Kier molecular flexibility index (Phi) is 5.53. The molecule has 6 rings (SSSR count). The van der Waals surface area contributed by atoms with Gasteiger partial charge in [0.1, 0.15) is 18.5 Å². The maximum absolute atomic E-state index is 12.7. The smallest absolute Gasteiger partial charge is 0.256 e. The molecule has 3 aromatic rings. The van der Waals surface area contributed by atoms with Crippen molar-refractivity contribution in [2.24, 2.45) is 5.92 Å². The molecule has 184 valence electrons. The van der Waals surface area contributed by atoms with E-state index in [4.69, 9.17) is 18.9 Å². The van der Waals surface area contributed by atoms with Gasteiger partial charge in [0.15, 0.2) is 35.3 Å². The van der Waals surface area contributed by atoms with Crippen molar-refractivity contribution >= 4 is 22.9 Å². The number of aliphatic hydroxyl groups is 1. The first-order valence-electron chi connectivity index (χ1n) is 11.7. The van der Waals surface area contributed by atoms with E-state index in [2.05, 4.69) is 20.3 Å². The van der Waals surface area contributed by atoms with Crippen LogP contribution < -0.4 is 5.32 Å². The topological polar surface area (TPSA) is 130 Å². The van der Waals surface area contributed by atoms with Crippen LogP contribution >= 0.6 is 0 Å². The average molecular weight is 482 g/mol. The summed E-state index contributed by atoms with van der Waals surface area (Å²) in [5.41, 5.74) is 1.46. The Labute approximate surface area is 201 Å². The molecule has 0 radical (unpaired) electrons. The number of nitrogens with zero attached hydrogens (tertiary/aromatic N) is 4. The van der Waals surface area contributed by atoms with Crippen molar-refractivity contribution in [3.8, 4) is 0 Å². The van der Waals surface area contributed by atoms with Crippen LogP contribution in [0.5, 0.6) is 0 Å². The summed E-state index contributed by atoms with van der Waals surface area (Å²) < 4.78 is 26.0. The lowest BCUT2D eigenvalue weighted by Gasteiger charge is -2.26. The highest BCUT2D eigenvalue weighted by molar-refractivity contribution is 6.06. The van der Waals surface area contributed by atoms with E-state index in [1.165, 1.54) is 6.33 Å². The number of nitrogens with one attached hydrogen (secondary N) is 1. The van der Waals surface area contributed by atoms with E-state index >= 15 is 0 Å². The Morgan fingerprint density at radius 1 is 1.17 bits per heavy atom. The normalized spacial score (nSPS) is 31.6. The maximum Gasteiger partial charge on any atom is 0.256 e. The fourth-order valence-corrected chi connectivity index (χ4v) is 5.12. The van der Waals surface area contributed by atoms with Crippen LogP contribution in [0, 0.1) is 5.92 Å². The van der Waals surface area contributed by atoms with E-state index in [0.29, 0.717) is 35.6 Å². The first kappa shape index (κ1) is 22.5. The van der Waals surface area contributed by atoms with E-state index in [1.807, 2.05) is 19.9 Å². The van der Waals surface area contributed by atoms with Crippen molar-refractivity contribution in [3.63, 3.8) is 0 Å². The number of fused-ring (bicyclic) bond motifs is 2. The molecule has 2 aromatic heterocycles. The zero-order chi connectivity index (χ0) is 24.2. The van der Waals surface area contributed by atoms with Gasteiger partial charge in [0.05, 0.1) is 19.0 Å². The van der Waals surface area contributed by atoms with Gasteiger partial charge in [0, 0.05) is 11.5 Å². The number of hydrogen-bond donors (Lipinski definition) is 2. The van der Waals surface area contributed by atoms with Crippen LogP contribution in [0.3, 0.4) is 0 Å². The molecule has 0 aliphatic carbocycles. The first-order valence-corrected chi connectivity index (χ1v) is 11.7. The number of aromatic nitrogens is 4. The van der Waals surface area contributed by atoms with Crippen molar-refractivity contribution in [2.45, 2.75) is 63.3 Å². The molecule has 1 amide bonds. The van der Waals surface area contributed by atoms with Crippen molar-refractivity contribution in [1.29, 1.82) is 0 Å². The van der Waals surface area contributed by atoms with Crippen LogP contribution in [0.4, 0.5) is 5.82 Å². The zero-order valence-electron chi connectivity index (χ0n) is 19.4. The Morgan fingerprint density at radius 2 is 1.97 bits per heavy atom. The standard InChI is InChI=1S/C24H27N5O6/c1-24(2)34-17-15(10-14-8-9-32-23(14)31)33-22(18(17)35-24)29-12-27-16-19(25-11-26-20(16)29)28-21(30)13-6-4-3-5-7-13/h3-7,11-12,14-15,17-18,22-23,31H,8-10H2,1-2H3,(H,25,26,28,30)/t14?,15-,17-,18-,22-,23?/m1/s1. The van der Waals surface area contributed by atoms with Crippen molar-refractivity contribution in [1.82, 2.24) is 19.5 Å². The number of aliphatic hydroxyl groups excluding tert-OH is 1. The number of carbonyl (C=O) groups is 1. The predicted octanol–water partition coefficient (Wildman–Crippen LogP) is 2.24. The fraction of sp³-hybridized carbons (Fsp3) is 0.500. The van der Waals surface area contributed by atoms with E-state index < -0.39 is 24.4 Å². The Morgan fingerprint density at radius 3 is 2.74 bits per heavy atom. The van der Waals surface area contributed by atoms with Gasteiger partial charge in [-0.05, 0) is 38.8 Å². The van der Waals surface area contributed by atoms with Crippen LogP contribution in [0.2, 0.25) is 0 Å².